The van der Waals surface area contributed by atoms with Crippen LogP contribution in [0.1, 0.15) is 24.8 Å². The first kappa shape index (κ1) is 18.6. The van der Waals surface area contributed by atoms with Crippen molar-refractivity contribution in [2.24, 2.45) is 5.92 Å². The largest absolute Gasteiger partial charge is 0.347 e. The molecule has 4 heterocycles. The molecule has 5 nitrogen and oxygen atoms in total. The topological polar surface area (TPSA) is 62.7 Å². The van der Waals surface area contributed by atoms with Gasteiger partial charge >= 0.3 is 0 Å². The SMILES string of the molecule is O=C(Cc1ccccc1)C12CCC(CC1Cn1ccc3cc(-c4cn[nH]c4)ccc31)N2. The second kappa shape index (κ2) is 7.20. The van der Waals surface area contributed by atoms with Crippen LogP contribution in [-0.2, 0) is 17.8 Å². The second-order valence-corrected chi connectivity index (χ2v) is 9.10. The Bertz CT molecular complexity index is 1230. The smallest absolute Gasteiger partial charge is 0.157 e. The van der Waals surface area contributed by atoms with E-state index in [9.17, 15) is 4.79 Å². The van der Waals surface area contributed by atoms with Crippen LogP contribution in [0, 0.1) is 5.92 Å². The standard InChI is InChI=1S/C26H26N4O/c31-25(12-18-4-2-1-3-5-18)26-10-8-23(29-26)14-22(26)17-30-11-9-20-13-19(6-7-24(20)30)21-15-27-28-16-21/h1-7,9,11,13,15-16,22-23,29H,8,10,12,14,17H2,(H,27,28). The van der Waals surface area contributed by atoms with E-state index in [1.54, 1.807) is 0 Å². The summed E-state index contributed by atoms with van der Waals surface area (Å²) in [6, 6.07) is 19.4. The van der Waals surface area contributed by atoms with Crippen molar-refractivity contribution < 1.29 is 4.79 Å². The number of nitrogens with zero attached hydrogens (tertiary/aromatic N) is 2. The van der Waals surface area contributed by atoms with Gasteiger partial charge in [0.15, 0.2) is 5.78 Å². The third-order valence-corrected chi connectivity index (χ3v) is 7.34. The number of hydrogen-bond acceptors (Lipinski definition) is 3. The van der Waals surface area contributed by atoms with Crippen molar-refractivity contribution in [3.05, 3.63) is 78.8 Å². The Balaban J connectivity index is 1.27. The maximum atomic E-state index is 13.5. The molecule has 0 spiro atoms. The molecule has 2 aromatic heterocycles. The van der Waals surface area contributed by atoms with E-state index in [1.807, 2.05) is 30.6 Å². The molecular weight excluding hydrogens is 384 g/mol. The van der Waals surface area contributed by atoms with Gasteiger partial charge in [-0.3, -0.25) is 9.89 Å². The number of nitrogens with one attached hydrogen (secondary N) is 2. The molecule has 31 heavy (non-hydrogen) atoms. The van der Waals surface area contributed by atoms with E-state index in [0.29, 0.717) is 24.2 Å². The van der Waals surface area contributed by atoms with E-state index >= 15 is 0 Å². The Kier molecular flexibility index (Phi) is 4.32. The van der Waals surface area contributed by atoms with Gasteiger partial charge in [0.1, 0.15) is 0 Å². The third kappa shape index (κ3) is 3.12. The van der Waals surface area contributed by atoms with Crippen LogP contribution < -0.4 is 5.32 Å². The molecular formula is C26H26N4O. The van der Waals surface area contributed by atoms with Crippen molar-refractivity contribution in [2.45, 2.75) is 43.8 Å². The number of ketones is 1. The maximum Gasteiger partial charge on any atom is 0.157 e. The summed E-state index contributed by atoms with van der Waals surface area (Å²) >= 11 is 0. The average Bonchev–Trinajstić information content (AvgIpc) is 3.59. The Labute approximate surface area is 181 Å². The van der Waals surface area contributed by atoms with Crippen LogP contribution in [0.4, 0.5) is 0 Å². The lowest BCUT2D eigenvalue weighted by Crippen LogP contribution is -2.51. The predicted octanol–water partition coefficient (Wildman–Crippen LogP) is 4.35. The van der Waals surface area contributed by atoms with Gasteiger partial charge in [-0.15, -0.1) is 0 Å². The van der Waals surface area contributed by atoms with Gasteiger partial charge in [0, 0.05) is 53.8 Å². The van der Waals surface area contributed by atoms with Crippen molar-refractivity contribution in [1.29, 1.82) is 0 Å². The Morgan fingerprint density at radius 3 is 2.84 bits per heavy atom. The first-order valence-electron chi connectivity index (χ1n) is 11.1. The zero-order chi connectivity index (χ0) is 20.8. The molecule has 2 fully saturated rings. The minimum absolute atomic E-state index is 0.326. The van der Waals surface area contributed by atoms with Crippen LogP contribution in [-0.4, -0.2) is 32.1 Å². The summed E-state index contributed by atoms with van der Waals surface area (Å²) in [5, 5.41) is 11.9. The molecule has 0 radical (unpaired) electrons. The molecule has 0 aliphatic carbocycles. The van der Waals surface area contributed by atoms with Crippen LogP contribution in [0.3, 0.4) is 0 Å². The molecule has 0 saturated carbocycles. The zero-order valence-electron chi connectivity index (χ0n) is 17.4. The first-order valence-corrected chi connectivity index (χ1v) is 11.1. The van der Waals surface area contributed by atoms with E-state index in [2.05, 4.69) is 62.7 Å². The fourth-order valence-electron chi connectivity index (χ4n) is 5.76. The quantitative estimate of drug-likeness (QED) is 0.497. The Morgan fingerprint density at radius 2 is 2.03 bits per heavy atom. The average molecular weight is 411 g/mol. The Morgan fingerprint density at radius 1 is 1.13 bits per heavy atom. The monoisotopic (exact) mass is 410 g/mol. The summed E-state index contributed by atoms with van der Waals surface area (Å²) in [5.41, 5.74) is 4.21. The number of carbonyl (C=O) groups is 1. The predicted molar refractivity (Wildman–Crippen MR) is 122 cm³/mol. The lowest BCUT2D eigenvalue weighted by Gasteiger charge is -2.33. The summed E-state index contributed by atoms with van der Waals surface area (Å²) in [5.74, 6) is 0.675. The highest BCUT2D eigenvalue weighted by Gasteiger charge is 2.55. The zero-order valence-corrected chi connectivity index (χ0v) is 17.4. The van der Waals surface area contributed by atoms with Gasteiger partial charge in [-0.1, -0.05) is 36.4 Å². The van der Waals surface area contributed by atoms with E-state index in [-0.39, 0.29) is 5.54 Å². The van der Waals surface area contributed by atoms with E-state index in [1.165, 1.54) is 10.9 Å². The van der Waals surface area contributed by atoms with Crippen LogP contribution in [0.5, 0.6) is 0 Å². The van der Waals surface area contributed by atoms with Crippen molar-refractivity contribution in [2.75, 3.05) is 0 Å². The molecule has 3 unspecified atom stereocenters. The van der Waals surface area contributed by atoms with E-state index < -0.39 is 0 Å². The number of carbonyl (C=O) groups excluding carboxylic acids is 1. The minimum Gasteiger partial charge on any atom is -0.347 e. The third-order valence-electron chi connectivity index (χ3n) is 7.34. The molecule has 2 aliphatic heterocycles. The second-order valence-electron chi connectivity index (χ2n) is 9.10. The number of Topliss-reactive ketones (excluding diaryl/α,β-unsaturated/α-hetero) is 1. The number of aromatic amines is 1. The molecule has 2 bridgehead atoms. The molecule has 156 valence electrons. The molecule has 4 aromatic rings. The fraction of sp³-hybridized carbons (Fsp3) is 0.308. The molecule has 2 N–H and O–H groups in total. The van der Waals surface area contributed by atoms with Crippen molar-refractivity contribution in [3.8, 4) is 11.1 Å². The number of benzene rings is 2. The summed E-state index contributed by atoms with van der Waals surface area (Å²) in [6.45, 7) is 0.874. The lowest BCUT2D eigenvalue weighted by atomic mass is 9.74. The Hall–Kier alpha value is -3.18. The molecule has 2 aromatic carbocycles. The molecule has 3 atom stereocenters. The van der Waals surface area contributed by atoms with Crippen LogP contribution in [0.15, 0.2) is 73.2 Å². The number of hydrogen-bond donors (Lipinski definition) is 2. The maximum absolute atomic E-state index is 13.5. The normalized spacial score (nSPS) is 24.8. The number of rotatable bonds is 6. The van der Waals surface area contributed by atoms with Crippen LogP contribution in [0.2, 0.25) is 0 Å². The van der Waals surface area contributed by atoms with Gasteiger partial charge in [-0.2, -0.15) is 5.10 Å². The van der Waals surface area contributed by atoms with Gasteiger partial charge < -0.3 is 9.88 Å². The van der Waals surface area contributed by atoms with Crippen molar-refractivity contribution >= 4 is 16.7 Å². The summed E-state index contributed by atoms with van der Waals surface area (Å²) in [4.78, 5) is 13.5. The molecule has 0 amide bonds. The summed E-state index contributed by atoms with van der Waals surface area (Å²) in [7, 11) is 0. The molecule has 2 aliphatic rings. The van der Waals surface area contributed by atoms with Crippen molar-refractivity contribution in [1.82, 2.24) is 20.1 Å². The first-order chi connectivity index (χ1) is 15.2. The number of fused-ring (bicyclic) bond motifs is 3. The fourth-order valence-corrected chi connectivity index (χ4v) is 5.76. The van der Waals surface area contributed by atoms with Crippen LogP contribution >= 0.6 is 0 Å². The highest BCUT2D eigenvalue weighted by Crippen LogP contribution is 2.44. The van der Waals surface area contributed by atoms with Gasteiger partial charge in [0.05, 0.1) is 11.7 Å². The van der Waals surface area contributed by atoms with E-state index in [0.717, 1.165) is 42.5 Å². The van der Waals surface area contributed by atoms with Crippen LogP contribution in [0.25, 0.3) is 22.0 Å². The van der Waals surface area contributed by atoms with Gasteiger partial charge in [0.2, 0.25) is 0 Å². The van der Waals surface area contributed by atoms with Crippen molar-refractivity contribution in [3.63, 3.8) is 0 Å². The van der Waals surface area contributed by atoms with Gasteiger partial charge in [-0.25, -0.2) is 0 Å². The summed E-state index contributed by atoms with van der Waals surface area (Å²) < 4.78 is 2.33. The highest BCUT2D eigenvalue weighted by atomic mass is 16.1. The van der Waals surface area contributed by atoms with Gasteiger partial charge in [-0.05, 0) is 48.6 Å². The van der Waals surface area contributed by atoms with Gasteiger partial charge in [0.25, 0.3) is 0 Å². The molecule has 6 rings (SSSR count). The number of aromatic nitrogens is 3. The molecule has 5 heteroatoms. The van der Waals surface area contributed by atoms with E-state index in [4.69, 9.17) is 0 Å². The highest BCUT2D eigenvalue weighted by molar-refractivity contribution is 5.91. The number of H-pyrrole nitrogens is 1. The lowest BCUT2D eigenvalue weighted by molar-refractivity contribution is -0.125. The minimum atomic E-state index is -0.381. The summed E-state index contributed by atoms with van der Waals surface area (Å²) in [6.07, 6.45) is 9.59. The molecule has 2 saturated heterocycles.